The zero-order valence-electron chi connectivity index (χ0n) is 20.2. The van der Waals surface area contributed by atoms with E-state index in [4.69, 9.17) is 9.47 Å². The largest absolute Gasteiger partial charge is 0.508 e. The number of likely N-dealkylation sites (tertiary alicyclic amines) is 1. The molecule has 5 rings (SSSR count). The maximum absolute atomic E-state index is 12.5. The van der Waals surface area contributed by atoms with Crippen molar-refractivity contribution in [2.75, 3.05) is 13.1 Å². The van der Waals surface area contributed by atoms with Crippen molar-refractivity contribution in [1.82, 2.24) is 4.90 Å². The number of nitrogens with zero attached hydrogens (tertiary/aromatic N) is 1. The Morgan fingerprint density at radius 3 is 2.44 bits per heavy atom. The van der Waals surface area contributed by atoms with E-state index in [0.29, 0.717) is 38.8 Å². The van der Waals surface area contributed by atoms with Crippen molar-refractivity contribution in [2.45, 2.75) is 56.6 Å². The summed E-state index contributed by atoms with van der Waals surface area (Å²) in [5.41, 5.74) is 2.42. The second-order valence-electron chi connectivity index (χ2n) is 10.3. The second-order valence-corrected chi connectivity index (χ2v) is 10.3. The van der Waals surface area contributed by atoms with E-state index in [9.17, 15) is 24.9 Å². The predicted molar refractivity (Wildman–Crippen MR) is 130 cm³/mol. The number of hydrogen-bond donors (Lipinski definition) is 3. The number of hydrogen-bond acceptors (Lipinski definition) is 8. The fraction of sp³-hybridized carbons (Fsp3) is 0.429. The molecular weight excluding hydrogens is 462 g/mol. The third-order valence-corrected chi connectivity index (χ3v) is 7.54. The van der Waals surface area contributed by atoms with Gasteiger partial charge in [0.2, 0.25) is 0 Å². The van der Waals surface area contributed by atoms with Gasteiger partial charge in [-0.2, -0.15) is 0 Å². The van der Waals surface area contributed by atoms with Crippen LogP contribution in [0.15, 0.2) is 54.6 Å². The minimum atomic E-state index is -1.79. The van der Waals surface area contributed by atoms with Crippen LogP contribution in [-0.4, -0.2) is 56.8 Å². The molecule has 190 valence electrons. The lowest BCUT2D eigenvalue weighted by Gasteiger charge is -2.50. The van der Waals surface area contributed by atoms with Crippen LogP contribution in [0.5, 0.6) is 5.75 Å². The lowest BCUT2D eigenvalue weighted by Crippen LogP contribution is -2.64. The van der Waals surface area contributed by atoms with Gasteiger partial charge in [0.25, 0.3) is 0 Å². The molecule has 3 N–H and O–H groups in total. The molecule has 0 amide bonds. The number of aryl methyl sites for hydroxylation is 2. The molecule has 0 bridgehead atoms. The van der Waals surface area contributed by atoms with E-state index in [2.05, 4.69) is 0 Å². The topological polar surface area (TPSA) is 117 Å². The number of rotatable bonds is 4. The van der Waals surface area contributed by atoms with Crippen molar-refractivity contribution in [3.63, 3.8) is 0 Å². The van der Waals surface area contributed by atoms with Crippen molar-refractivity contribution < 1.29 is 34.4 Å². The molecule has 3 aliphatic rings. The van der Waals surface area contributed by atoms with E-state index in [-0.39, 0.29) is 18.1 Å². The van der Waals surface area contributed by atoms with Crippen molar-refractivity contribution in [3.8, 4) is 5.75 Å². The SMILES string of the molecule is Cc1ccc(CC2(O)CCN(CC3CCc4cc(O)ccc4C3O)C3(C2)OC(=O)C=CC(=O)O3)cc1. The fourth-order valence-electron chi connectivity index (χ4n) is 5.66. The minimum Gasteiger partial charge on any atom is -0.508 e. The molecule has 36 heavy (non-hydrogen) atoms. The smallest absolute Gasteiger partial charge is 0.335 e. The monoisotopic (exact) mass is 493 g/mol. The molecule has 8 nitrogen and oxygen atoms in total. The van der Waals surface area contributed by atoms with Crippen LogP contribution in [0.2, 0.25) is 0 Å². The summed E-state index contributed by atoms with van der Waals surface area (Å²) in [6.07, 6.45) is 3.15. The van der Waals surface area contributed by atoms with Crippen LogP contribution in [0.1, 0.15) is 47.6 Å². The number of esters is 2. The van der Waals surface area contributed by atoms with Crippen molar-refractivity contribution >= 4 is 11.9 Å². The Bertz CT molecular complexity index is 1170. The number of piperidine rings is 1. The lowest BCUT2D eigenvalue weighted by atomic mass is 9.79. The lowest BCUT2D eigenvalue weighted by molar-refractivity contribution is -0.318. The normalized spacial score (nSPS) is 27.8. The number of aliphatic hydroxyl groups excluding tert-OH is 1. The van der Waals surface area contributed by atoms with Gasteiger partial charge in [0.1, 0.15) is 5.75 Å². The molecule has 3 unspecified atom stereocenters. The molecule has 1 aliphatic carbocycles. The molecule has 8 heteroatoms. The highest BCUT2D eigenvalue weighted by Crippen LogP contribution is 2.43. The van der Waals surface area contributed by atoms with Crippen LogP contribution in [0.3, 0.4) is 0 Å². The summed E-state index contributed by atoms with van der Waals surface area (Å²) in [7, 11) is 0. The molecule has 2 heterocycles. The summed E-state index contributed by atoms with van der Waals surface area (Å²) in [4.78, 5) is 26.7. The number of carbonyl (C=O) groups excluding carboxylic acids is 2. The highest BCUT2D eigenvalue weighted by atomic mass is 16.8. The first kappa shape index (κ1) is 24.5. The van der Waals surface area contributed by atoms with E-state index >= 15 is 0 Å². The van der Waals surface area contributed by atoms with Crippen LogP contribution in [-0.2, 0) is 31.9 Å². The van der Waals surface area contributed by atoms with Gasteiger partial charge >= 0.3 is 17.8 Å². The van der Waals surface area contributed by atoms with Crippen LogP contribution in [0.4, 0.5) is 0 Å². The second kappa shape index (κ2) is 9.35. The summed E-state index contributed by atoms with van der Waals surface area (Å²) in [5, 5.41) is 32.5. The fourth-order valence-corrected chi connectivity index (χ4v) is 5.66. The van der Waals surface area contributed by atoms with Crippen LogP contribution in [0, 0.1) is 12.8 Å². The highest BCUT2D eigenvalue weighted by molar-refractivity contribution is 5.93. The molecule has 2 aromatic rings. The maximum atomic E-state index is 12.5. The molecule has 1 spiro atoms. The quantitative estimate of drug-likeness (QED) is 0.557. The molecule has 0 aromatic heterocycles. The number of aromatic hydroxyl groups is 1. The van der Waals surface area contributed by atoms with Gasteiger partial charge in [-0.15, -0.1) is 0 Å². The molecule has 1 saturated heterocycles. The number of phenolic OH excluding ortho intramolecular Hbond substituents is 1. The summed E-state index contributed by atoms with van der Waals surface area (Å²) in [6.45, 7) is 2.58. The van der Waals surface area contributed by atoms with Gasteiger partial charge in [0.15, 0.2) is 0 Å². The molecule has 2 aromatic carbocycles. The van der Waals surface area contributed by atoms with Gasteiger partial charge in [0.05, 0.1) is 18.1 Å². The summed E-state index contributed by atoms with van der Waals surface area (Å²) in [6, 6.07) is 12.8. The van der Waals surface area contributed by atoms with E-state index in [0.717, 1.165) is 34.4 Å². The Hall–Kier alpha value is -3.20. The Labute approximate surface area is 209 Å². The molecule has 0 saturated carbocycles. The first-order valence-electron chi connectivity index (χ1n) is 12.3. The molecule has 2 aliphatic heterocycles. The van der Waals surface area contributed by atoms with Crippen molar-refractivity contribution in [3.05, 3.63) is 76.9 Å². The van der Waals surface area contributed by atoms with Gasteiger partial charge in [0, 0.05) is 37.6 Å². The van der Waals surface area contributed by atoms with E-state index in [1.165, 1.54) is 0 Å². The van der Waals surface area contributed by atoms with Crippen molar-refractivity contribution in [2.24, 2.45) is 5.92 Å². The van der Waals surface area contributed by atoms with E-state index in [1.54, 1.807) is 23.1 Å². The van der Waals surface area contributed by atoms with Gasteiger partial charge in [-0.25, -0.2) is 14.5 Å². The van der Waals surface area contributed by atoms with Gasteiger partial charge in [-0.05, 0) is 55.0 Å². The maximum Gasteiger partial charge on any atom is 0.335 e. The van der Waals surface area contributed by atoms with Gasteiger partial charge in [-0.3, -0.25) is 0 Å². The van der Waals surface area contributed by atoms with Gasteiger partial charge in [-0.1, -0.05) is 35.9 Å². The number of aliphatic hydroxyl groups is 2. The average Bonchev–Trinajstić information content (AvgIpc) is 2.96. The molecule has 3 atom stereocenters. The number of carbonyl (C=O) groups is 2. The van der Waals surface area contributed by atoms with Gasteiger partial charge < -0.3 is 24.8 Å². The summed E-state index contributed by atoms with van der Waals surface area (Å²) in [5.74, 6) is -3.31. The number of benzene rings is 2. The first-order valence-corrected chi connectivity index (χ1v) is 12.3. The number of phenols is 1. The Morgan fingerprint density at radius 1 is 1.06 bits per heavy atom. The van der Waals surface area contributed by atoms with Crippen LogP contribution >= 0.6 is 0 Å². The van der Waals surface area contributed by atoms with Crippen LogP contribution < -0.4 is 0 Å². The van der Waals surface area contributed by atoms with Crippen LogP contribution in [0.25, 0.3) is 0 Å². The predicted octanol–water partition coefficient (Wildman–Crippen LogP) is 2.68. The molecule has 1 fully saturated rings. The highest BCUT2D eigenvalue weighted by Gasteiger charge is 2.55. The Morgan fingerprint density at radius 2 is 1.75 bits per heavy atom. The minimum absolute atomic E-state index is 0.111. The van der Waals surface area contributed by atoms with E-state index < -0.39 is 29.6 Å². The summed E-state index contributed by atoms with van der Waals surface area (Å²) < 4.78 is 11.4. The van der Waals surface area contributed by atoms with Crippen molar-refractivity contribution in [1.29, 1.82) is 0 Å². The number of fused-ring (bicyclic) bond motifs is 1. The zero-order chi connectivity index (χ0) is 25.5. The molecule has 0 radical (unpaired) electrons. The standard InChI is InChI=1S/C28H31NO7/c1-18-2-4-19(5-3-18)15-27(34)12-13-29(28(17-27)35-24(31)10-11-25(32)36-28)16-21-7-6-20-14-22(30)8-9-23(20)26(21)33/h2-5,8-11,14,21,26,30,33-34H,6-7,12-13,15-17H2,1H3. The Balaban J connectivity index is 1.41. The third-order valence-electron chi connectivity index (χ3n) is 7.54. The first-order chi connectivity index (χ1) is 17.1. The third kappa shape index (κ3) is 4.89. The molecular formula is C28H31NO7. The number of ether oxygens (including phenoxy) is 2. The zero-order valence-corrected chi connectivity index (χ0v) is 20.2. The Kier molecular flexibility index (Phi) is 6.36. The van der Waals surface area contributed by atoms with E-state index in [1.807, 2.05) is 31.2 Å². The summed E-state index contributed by atoms with van der Waals surface area (Å²) >= 11 is 0. The average molecular weight is 494 g/mol.